The molecule has 22 heteroatoms. The summed E-state index contributed by atoms with van der Waals surface area (Å²) in [5.74, 6) is -4.85. The van der Waals surface area contributed by atoms with Gasteiger partial charge in [-0.15, -0.1) is 23.2 Å². The van der Waals surface area contributed by atoms with Crippen LogP contribution in [-0.2, 0) is 33.4 Å². The lowest BCUT2D eigenvalue weighted by atomic mass is 9.86. The van der Waals surface area contributed by atoms with Gasteiger partial charge in [-0.2, -0.15) is 26.3 Å². The highest BCUT2D eigenvalue weighted by Crippen LogP contribution is 2.37. The molecule has 2 unspecified atom stereocenters. The maximum atomic E-state index is 13.0. The van der Waals surface area contributed by atoms with Gasteiger partial charge in [0.25, 0.3) is 0 Å². The molecule has 4 saturated heterocycles. The Balaban J connectivity index is 0.000000232. The number of likely N-dealkylation sites (tertiary alicyclic amines) is 3. The molecule has 434 valence electrons. The number of hydrogen-bond donors (Lipinski definition) is 3. The number of ether oxygens (including phenoxy) is 3. The van der Waals surface area contributed by atoms with Gasteiger partial charge in [0, 0.05) is 47.3 Å². The van der Waals surface area contributed by atoms with Crippen molar-refractivity contribution in [3.05, 3.63) is 72.1 Å². The topological polar surface area (TPSA) is 166 Å². The molecule has 78 heavy (non-hydrogen) atoms. The summed E-state index contributed by atoms with van der Waals surface area (Å²) in [6, 6.07) is 16.7. The second-order valence-electron chi connectivity index (χ2n) is 21.1. The third-order valence-electron chi connectivity index (χ3n) is 14.7. The van der Waals surface area contributed by atoms with E-state index in [1.807, 2.05) is 34.6 Å². The molecule has 4 aromatic rings. The highest BCUT2D eigenvalue weighted by Gasteiger charge is 2.54. The number of alkyl halides is 8. The number of carbonyl (C=O) groups is 5. The molecule has 0 aliphatic carbocycles. The van der Waals surface area contributed by atoms with Crippen LogP contribution in [-0.4, -0.2) is 155 Å². The second-order valence-corrected chi connectivity index (χ2v) is 21.9. The summed E-state index contributed by atoms with van der Waals surface area (Å²) in [7, 11) is 0. The van der Waals surface area contributed by atoms with Crippen molar-refractivity contribution in [3.63, 3.8) is 0 Å². The molecule has 6 heterocycles. The lowest BCUT2D eigenvalue weighted by molar-refractivity contribution is -0.193. The number of carbonyl (C=O) groups excluding carboxylic acids is 5. The highest BCUT2D eigenvalue weighted by molar-refractivity contribution is 6.41. The number of nitrogens with zero attached hydrogens (tertiary/aromatic N) is 3. The Bertz CT molecular complexity index is 2500. The Morgan fingerprint density at radius 1 is 0.590 bits per heavy atom. The molecular weight excluding hydrogens is 1070 g/mol. The molecule has 2 aromatic heterocycles. The number of fused-ring (bicyclic) bond motifs is 2. The van der Waals surface area contributed by atoms with Gasteiger partial charge in [-0.25, -0.2) is 4.79 Å². The van der Waals surface area contributed by atoms with Crippen molar-refractivity contribution >= 4 is 74.6 Å². The zero-order valence-corrected chi connectivity index (χ0v) is 46.7. The summed E-state index contributed by atoms with van der Waals surface area (Å²) in [6.07, 6.45) is 2.69. The van der Waals surface area contributed by atoms with E-state index < -0.39 is 29.5 Å². The number of nitrogens with one attached hydrogen (secondary N) is 3. The van der Waals surface area contributed by atoms with Crippen molar-refractivity contribution in [1.29, 1.82) is 0 Å². The Labute approximate surface area is 462 Å². The summed E-state index contributed by atoms with van der Waals surface area (Å²) in [5, 5.41) is 6.27. The maximum absolute atomic E-state index is 13.0. The Hall–Kier alpha value is -4.89. The average Bonchev–Trinajstić information content (AvgIpc) is 4.10. The van der Waals surface area contributed by atoms with Crippen LogP contribution in [0.15, 0.2) is 60.9 Å². The molecule has 2 aromatic carbocycles. The van der Waals surface area contributed by atoms with Gasteiger partial charge in [0.2, 0.25) is 0 Å². The monoisotopic (exact) mass is 1140 g/mol. The highest BCUT2D eigenvalue weighted by atomic mass is 35.5. The van der Waals surface area contributed by atoms with Crippen LogP contribution in [0.5, 0.6) is 0 Å². The molecule has 4 fully saturated rings. The lowest BCUT2D eigenvalue weighted by Gasteiger charge is -2.39. The molecule has 8 rings (SSSR count). The fourth-order valence-corrected chi connectivity index (χ4v) is 10.9. The van der Waals surface area contributed by atoms with Gasteiger partial charge in [0.1, 0.15) is 17.7 Å². The quantitative estimate of drug-likeness (QED) is 0.0383. The Morgan fingerprint density at radius 2 is 0.962 bits per heavy atom. The van der Waals surface area contributed by atoms with E-state index in [1.165, 1.54) is 45.8 Å². The predicted molar refractivity (Wildman–Crippen MR) is 289 cm³/mol. The van der Waals surface area contributed by atoms with Crippen LogP contribution in [0, 0.1) is 11.8 Å². The van der Waals surface area contributed by atoms with Crippen molar-refractivity contribution in [3.8, 4) is 0 Å². The van der Waals surface area contributed by atoms with Gasteiger partial charge >= 0.3 is 42.0 Å². The van der Waals surface area contributed by atoms with Crippen LogP contribution in [0.25, 0.3) is 21.8 Å². The predicted octanol–water partition coefficient (Wildman–Crippen LogP) is 11.7. The summed E-state index contributed by atoms with van der Waals surface area (Å²) >= 11 is 9.53. The van der Waals surface area contributed by atoms with Gasteiger partial charge in [0.15, 0.2) is 0 Å². The Morgan fingerprint density at radius 3 is 1.32 bits per heavy atom. The molecule has 2 atom stereocenters. The van der Waals surface area contributed by atoms with Gasteiger partial charge < -0.3 is 34.4 Å². The molecule has 0 bridgehead atoms. The van der Waals surface area contributed by atoms with E-state index in [0.717, 1.165) is 90.6 Å². The first-order valence-corrected chi connectivity index (χ1v) is 28.0. The van der Waals surface area contributed by atoms with Crippen LogP contribution >= 0.6 is 23.2 Å². The normalized spacial score (nSPS) is 18.6. The number of Topliss-reactive ketones (excluding diaryl/α,β-unsaturated/α-hetero) is 2. The molecule has 3 N–H and O–H groups in total. The number of aromatic amines is 2. The summed E-state index contributed by atoms with van der Waals surface area (Å²) in [6.45, 7) is 17.6. The average molecular weight is 1150 g/mol. The van der Waals surface area contributed by atoms with E-state index in [2.05, 4.69) is 86.0 Å². The number of amides is 1. The molecule has 0 saturated carbocycles. The van der Waals surface area contributed by atoms with E-state index >= 15 is 0 Å². The minimum Gasteiger partial charge on any atom is -0.465 e. The van der Waals surface area contributed by atoms with Crippen molar-refractivity contribution in [2.24, 2.45) is 11.8 Å². The number of ketones is 2. The third kappa shape index (κ3) is 18.9. The number of hydrogen-bond acceptors (Lipinski definition) is 11. The number of para-hydroxylation sites is 2. The molecule has 1 amide bonds. The zero-order chi connectivity index (χ0) is 57.2. The maximum Gasteiger partial charge on any atom is 0.458 e. The number of rotatable bonds is 13. The fourth-order valence-electron chi connectivity index (χ4n) is 10.9. The standard InChI is InChI=1S/C28H41N3O4.C23H33N3O2.C4F6O2.CH2Cl2/c1-5-34-26(32)25(18-20-10-14-31(15-11-20)27(33)35-28(2,3)4)30-16-12-21(13-17-30)23-19-29-24-9-7-6-8-22(23)24;1-2-28-23(27)22(15-17-7-11-24-12-8-17)26-13-9-18(10-14-26)20-16-25-21-6-4-3-5-19(20)21;5-3(6,7)1(11)2(12)4(8,9)10;2-1-3/h6-9,19-21,25,29H,5,10-18H2,1-4H3;3-6,16-18,22,24-25H,2,7-15H2,1H3;;1H2. The first-order valence-electron chi connectivity index (χ1n) is 27.0. The summed E-state index contributed by atoms with van der Waals surface area (Å²) in [4.78, 5) is 70.7. The molecule has 14 nitrogen and oxygen atoms in total. The largest absolute Gasteiger partial charge is 0.465 e. The van der Waals surface area contributed by atoms with Crippen LogP contribution in [0.2, 0.25) is 0 Å². The number of esters is 2. The third-order valence-corrected chi connectivity index (χ3v) is 14.7. The van der Waals surface area contributed by atoms with Crippen LogP contribution in [0.4, 0.5) is 31.1 Å². The summed E-state index contributed by atoms with van der Waals surface area (Å²) < 4.78 is 83.4. The minimum absolute atomic E-state index is 0.0217. The first-order chi connectivity index (χ1) is 37.0. The molecule has 0 spiro atoms. The van der Waals surface area contributed by atoms with E-state index in [1.54, 1.807) is 4.90 Å². The first kappa shape index (κ1) is 63.9. The Kier molecular flexibility index (Phi) is 24.7. The van der Waals surface area contributed by atoms with Crippen molar-refractivity contribution in [2.45, 2.75) is 141 Å². The molecule has 0 radical (unpaired) electrons. The fraction of sp³-hybridized carbons (Fsp3) is 0.625. The molecular formula is C56H76Cl2F6N6O8. The van der Waals surface area contributed by atoms with Crippen LogP contribution in [0.3, 0.4) is 0 Å². The van der Waals surface area contributed by atoms with E-state index in [0.29, 0.717) is 50.0 Å². The van der Waals surface area contributed by atoms with Crippen LogP contribution < -0.4 is 5.32 Å². The van der Waals surface area contributed by atoms with E-state index in [-0.39, 0.29) is 35.5 Å². The van der Waals surface area contributed by atoms with Crippen molar-refractivity contribution in [2.75, 3.05) is 70.9 Å². The van der Waals surface area contributed by atoms with E-state index in [4.69, 9.17) is 37.4 Å². The SMILES string of the molecule is CCOC(=O)C(CC1CCN(C(=O)OC(C)(C)C)CC1)N1CCC(c2c[nH]c3ccccc23)CC1.CCOC(=O)C(CC1CCNCC1)N1CCC(c2c[nH]c3ccccc23)CC1.ClCCl.O=C(C(=O)C(F)(F)F)C(F)(F)F. The second kappa shape index (κ2) is 30.1. The van der Waals surface area contributed by atoms with Gasteiger partial charge in [-0.1, -0.05) is 36.4 Å². The number of piperidine rings is 4. The number of aromatic nitrogens is 2. The van der Waals surface area contributed by atoms with Crippen molar-refractivity contribution in [1.82, 2.24) is 30.0 Å². The van der Waals surface area contributed by atoms with Crippen molar-refractivity contribution < 1.29 is 64.5 Å². The number of benzene rings is 2. The minimum atomic E-state index is -5.77. The summed E-state index contributed by atoms with van der Waals surface area (Å²) in [5.41, 5.74) is 4.74. The molecule has 4 aliphatic rings. The zero-order valence-electron chi connectivity index (χ0n) is 45.2. The smallest absolute Gasteiger partial charge is 0.458 e. The van der Waals surface area contributed by atoms with Crippen LogP contribution in [0.1, 0.15) is 122 Å². The number of halogens is 8. The van der Waals surface area contributed by atoms with E-state index in [9.17, 15) is 50.3 Å². The van der Waals surface area contributed by atoms with Gasteiger partial charge in [-0.05, 0) is 185 Å². The lowest BCUT2D eigenvalue weighted by Crippen LogP contribution is -2.48. The number of H-pyrrole nitrogens is 2. The van der Waals surface area contributed by atoms with Gasteiger partial charge in [0.05, 0.1) is 18.6 Å². The molecule has 4 aliphatic heterocycles. The van der Waals surface area contributed by atoms with Gasteiger partial charge in [-0.3, -0.25) is 29.0 Å².